The Morgan fingerprint density at radius 1 is 1.44 bits per heavy atom. The third kappa shape index (κ3) is 2.41. The molecule has 1 aliphatic rings. The number of hydrogen-bond donors (Lipinski definition) is 0. The molecule has 2 nitrogen and oxygen atoms in total. The number of aromatic nitrogens is 1. The van der Waals surface area contributed by atoms with E-state index in [0.29, 0.717) is 5.88 Å². The van der Waals surface area contributed by atoms with Crippen molar-refractivity contribution in [3.63, 3.8) is 0 Å². The Balaban J connectivity index is 2.23. The van der Waals surface area contributed by atoms with Crippen LogP contribution in [0.4, 0.5) is 0 Å². The van der Waals surface area contributed by atoms with Crippen molar-refractivity contribution in [2.24, 2.45) is 0 Å². The summed E-state index contributed by atoms with van der Waals surface area (Å²) in [4.78, 5) is 5.65. The highest BCUT2D eigenvalue weighted by atomic mass is 35.5. The fourth-order valence-corrected chi connectivity index (χ4v) is 3.59. The van der Waals surface area contributed by atoms with E-state index in [1.54, 1.807) is 11.3 Å². The summed E-state index contributed by atoms with van der Waals surface area (Å²) < 4.78 is 6.02. The number of hydrogen-bond acceptors (Lipinski definition) is 3. The van der Waals surface area contributed by atoms with Crippen LogP contribution in [0.2, 0.25) is 0 Å². The minimum Gasteiger partial charge on any atom is -0.368 e. The van der Waals surface area contributed by atoms with E-state index in [2.05, 4.69) is 11.9 Å². The topological polar surface area (TPSA) is 22.1 Å². The smallest absolute Gasteiger partial charge is 0.125 e. The predicted octanol–water partition coefficient (Wildman–Crippen LogP) is 4.08. The van der Waals surface area contributed by atoms with Crippen molar-refractivity contribution in [3.8, 4) is 0 Å². The van der Waals surface area contributed by atoms with Gasteiger partial charge in [0.2, 0.25) is 0 Å². The largest absolute Gasteiger partial charge is 0.368 e. The highest BCUT2D eigenvalue weighted by Gasteiger charge is 2.37. The highest BCUT2D eigenvalue weighted by molar-refractivity contribution is 7.11. The zero-order chi connectivity index (χ0) is 11.4. The maximum Gasteiger partial charge on any atom is 0.125 e. The Bertz CT molecular complexity index is 328. The molecule has 1 saturated carbocycles. The summed E-state index contributed by atoms with van der Waals surface area (Å²) in [6, 6.07) is 0. The summed E-state index contributed by atoms with van der Waals surface area (Å²) in [5.41, 5.74) is -0.109. The standard InChI is InChI=1S/C12H18ClNOS/c1-2-15-12(6-4-3-5-7-12)11-14-9-10(8-13)16-11/h9H,2-8H2,1H3. The second-order valence-corrected chi connectivity index (χ2v) is 5.64. The van der Waals surface area contributed by atoms with Gasteiger partial charge in [0, 0.05) is 17.7 Å². The van der Waals surface area contributed by atoms with Crippen molar-refractivity contribution in [1.82, 2.24) is 4.98 Å². The van der Waals surface area contributed by atoms with Gasteiger partial charge < -0.3 is 4.74 Å². The zero-order valence-corrected chi connectivity index (χ0v) is 11.2. The van der Waals surface area contributed by atoms with Gasteiger partial charge in [-0.25, -0.2) is 4.98 Å². The molecule has 1 heterocycles. The molecule has 1 aromatic heterocycles. The fraction of sp³-hybridized carbons (Fsp3) is 0.750. The van der Waals surface area contributed by atoms with E-state index in [1.165, 1.54) is 19.3 Å². The van der Waals surface area contributed by atoms with Crippen LogP contribution in [0.3, 0.4) is 0 Å². The lowest BCUT2D eigenvalue weighted by Gasteiger charge is -2.35. The van der Waals surface area contributed by atoms with Gasteiger partial charge in [0.05, 0.1) is 5.88 Å². The average molecular weight is 260 g/mol. The predicted molar refractivity (Wildman–Crippen MR) is 68.1 cm³/mol. The molecule has 0 radical (unpaired) electrons. The maximum absolute atomic E-state index is 6.02. The summed E-state index contributed by atoms with van der Waals surface area (Å²) in [7, 11) is 0. The molecule has 0 atom stereocenters. The molecule has 16 heavy (non-hydrogen) atoms. The maximum atomic E-state index is 6.02. The van der Waals surface area contributed by atoms with Crippen LogP contribution in [-0.4, -0.2) is 11.6 Å². The number of halogens is 1. The minimum absolute atomic E-state index is 0.109. The lowest BCUT2D eigenvalue weighted by molar-refractivity contribution is -0.0704. The van der Waals surface area contributed by atoms with Crippen LogP contribution in [0.5, 0.6) is 0 Å². The molecule has 0 aromatic carbocycles. The van der Waals surface area contributed by atoms with Crippen molar-refractivity contribution in [3.05, 3.63) is 16.1 Å². The van der Waals surface area contributed by atoms with Gasteiger partial charge >= 0.3 is 0 Å². The van der Waals surface area contributed by atoms with E-state index in [4.69, 9.17) is 16.3 Å². The van der Waals surface area contributed by atoms with Crippen LogP contribution in [0.1, 0.15) is 48.9 Å². The van der Waals surface area contributed by atoms with Crippen molar-refractivity contribution in [2.45, 2.75) is 50.5 Å². The second kappa shape index (κ2) is 5.48. The molecule has 0 bridgehead atoms. The molecular formula is C12H18ClNOS. The molecule has 0 saturated heterocycles. The van der Waals surface area contributed by atoms with Gasteiger partial charge in [-0.1, -0.05) is 19.3 Å². The molecular weight excluding hydrogens is 242 g/mol. The number of alkyl halides is 1. The third-order valence-electron chi connectivity index (χ3n) is 3.16. The van der Waals surface area contributed by atoms with Gasteiger partial charge in [0.15, 0.2) is 0 Å². The Labute approximate surface area is 106 Å². The summed E-state index contributed by atoms with van der Waals surface area (Å²) in [6.07, 6.45) is 7.92. The second-order valence-electron chi connectivity index (χ2n) is 4.25. The summed E-state index contributed by atoms with van der Waals surface area (Å²) >= 11 is 7.54. The summed E-state index contributed by atoms with van der Waals surface area (Å²) in [5, 5.41) is 1.13. The summed E-state index contributed by atoms with van der Waals surface area (Å²) in [5.74, 6) is 0.555. The van der Waals surface area contributed by atoms with E-state index in [9.17, 15) is 0 Å². The third-order valence-corrected chi connectivity index (χ3v) is 4.79. The lowest BCUT2D eigenvalue weighted by Crippen LogP contribution is -2.32. The molecule has 0 unspecified atom stereocenters. The Morgan fingerprint density at radius 3 is 2.75 bits per heavy atom. The average Bonchev–Trinajstić information content (AvgIpc) is 2.80. The Hall–Kier alpha value is -0.120. The van der Waals surface area contributed by atoms with Crippen molar-refractivity contribution < 1.29 is 4.74 Å². The van der Waals surface area contributed by atoms with Gasteiger partial charge in [0.25, 0.3) is 0 Å². The van der Waals surface area contributed by atoms with Gasteiger partial charge in [-0.2, -0.15) is 0 Å². The molecule has 1 aliphatic carbocycles. The van der Waals surface area contributed by atoms with E-state index in [-0.39, 0.29) is 5.60 Å². The first-order valence-electron chi connectivity index (χ1n) is 5.96. The van der Waals surface area contributed by atoms with Gasteiger partial charge in [-0.3, -0.25) is 0 Å². The highest BCUT2D eigenvalue weighted by Crippen LogP contribution is 2.42. The molecule has 90 valence electrons. The quantitative estimate of drug-likeness (QED) is 0.761. The van der Waals surface area contributed by atoms with Crippen LogP contribution in [0, 0.1) is 0 Å². The van der Waals surface area contributed by atoms with Crippen molar-refractivity contribution in [1.29, 1.82) is 0 Å². The van der Waals surface area contributed by atoms with Crippen LogP contribution < -0.4 is 0 Å². The first kappa shape index (κ1) is 12.3. The number of thiazole rings is 1. The van der Waals surface area contributed by atoms with E-state index < -0.39 is 0 Å². The van der Waals surface area contributed by atoms with Crippen molar-refractivity contribution in [2.75, 3.05) is 6.61 Å². The Kier molecular flexibility index (Phi) is 4.22. The normalized spacial score (nSPS) is 19.9. The lowest BCUT2D eigenvalue weighted by atomic mass is 9.85. The number of ether oxygens (including phenoxy) is 1. The molecule has 0 aliphatic heterocycles. The van der Waals surface area contributed by atoms with Crippen LogP contribution >= 0.6 is 22.9 Å². The first-order valence-corrected chi connectivity index (χ1v) is 7.31. The number of nitrogens with zero attached hydrogens (tertiary/aromatic N) is 1. The summed E-state index contributed by atoms with van der Waals surface area (Å²) in [6.45, 7) is 2.82. The van der Waals surface area contributed by atoms with Gasteiger partial charge in [0.1, 0.15) is 10.6 Å². The van der Waals surface area contributed by atoms with Gasteiger partial charge in [-0.15, -0.1) is 22.9 Å². The van der Waals surface area contributed by atoms with Crippen LogP contribution in [0.15, 0.2) is 6.20 Å². The first-order chi connectivity index (χ1) is 7.80. The molecule has 4 heteroatoms. The monoisotopic (exact) mass is 259 g/mol. The Morgan fingerprint density at radius 2 is 2.19 bits per heavy atom. The minimum atomic E-state index is -0.109. The SMILES string of the molecule is CCOC1(c2ncc(CCl)s2)CCCCC1. The van der Waals surface area contributed by atoms with E-state index in [1.807, 2.05) is 6.20 Å². The molecule has 0 spiro atoms. The number of rotatable bonds is 4. The molecule has 1 aromatic rings. The molecule has 1 fully saturated rings. The molecule has 0 N–H and O–H groups in total. The van der Waals surface area contributed by atoms with E-state index >= 15 is 0 Å². The fourth-order valence-electron chi connectivity index (χ4n) is 2.40. The van der Waals surface area contributed by atoms with Crippen molar-refractivity contribution >= 4 is 22.9 Å². The van der Waals surface area contributed by atoms with Gasteiger partial charge in [-0.05, 0) is 19.8 Å². The van der Waals surface area contributed by atoms with E-state index in [0.717, 1.165) is 29.3 Å². The van der Waals surface area contributed by atoms with Crippen LogP contribution in [-0.2, 0) is 16.2 Å². The zero-order valence-electron chi connectivity index (χ0n) is 9.67. The molecule has 0 amide bonds. The molecule has 2 rings (SSSR count). The van der Waals surface area contributed by atoms with Crippen LogP contribution in [0.25, 0.3) is 0 Å².